The molecular formula is C35H25N. The first kappa shape index (κ1) is 20.9. The lowest BCUT2D eigenvalue weighted by atomic mass is 9.64. The molecule has 170 valence electrons. The van der Waals surface area contributed by atoms with Crippen LogP contribution in [0.5, 0.6) is 0 Å². The van der Waals surface area contributed by atoms with E-state index in [2.05, 4.69) is 110 Å². The zero-order chi connectivity index (χ0) is 24.3. The van der Waals surface area contributed by atoms with Gasteiger partial charge in [0.05, 0.1) is 17.0 Å². The molecule has 36 heavy (non-hydrogen) atoms. The van der Waals surface area contributed by atoms with Crippen molar-refractivity contribution in [1.29, 1.82) is 5.26 Å². The highest BCUT2D eigenvalue weighted by Gasteiger charge is 2.49. The zero-order valence-electron chi connectivity index (χ0n) is 20.2. The summed E-state index contributed by atoms with van der Waals surface area (Å²) in [5, 5.41) is 9.43. The second kappa shape index (κ2) is 7.80. The van der Waals surface area contributed by atoms with Gasteiger partial charge in [-0.05, 0) is 86.2 Å². The summed E-state index contributed by atoms with van der Waals surface area (Å²) in [6, 6.07) is 34.9. The topological polar surface area (TPSA) is 23.8 Å². The van der Waals surface area contributed by atoms with Crippen LogP contribution in [0.4, 0.5) is 0 Å². The first-order valence-corrected chi connectivity index (χ1v) is 12.6. The largest absolute Gasteiger partial charge is 0.192 e. The van der Waals surface area contributed by atoms with E-state index in [1.807, 2.05) is 18.2 Å². The number of hydrogen-bond acceptors (Lipinski definition) is 1. The number of benzene rings is 4. The minimum absolute atomic E-state index is 0.356. The molecule has 0 bridgehead atoms. The fourth-order valence-electron chi connectivity index (χ4n) is 6.56. The summed E-state index contributed by atoms with van der Waals surface area (Å²) in [5.74, 6) is 0.517. The molecule has 0 radical (unpaired) electrons. The fraction of sp³-hybridized carbons (Fsp3) is 0.114. The highest BCUT2D eigenvalue weighted by Crippen LogP contribution is 2.59. The number of hydrogen-bond donors (Lipinski definition) is 0. The van der Waals surface area contributed by atoms with Crippen LogP contribution in [-0.2, 0) is 5.41 Å². The van der Waals surface area contributed by atoms with Crippen molar-refractivity contribution < 1.29 is 0 Å². The van der Waals surface area contributed by atoms with Crippen LogP contribution < -0.4 is 0 Å². The average Bonchev–Trinajstić information content (AvgIpc) is 3.14. The summed E-state index contributed by atoms with van der Waals surface area (Å²) >= 11 is 0. The molecule has 0 heterocycles. The molecule has 0 fully saturated rings. The molecule has 1 unspecified atom stereocenters. The van der Waals surface area contributed by atoms with E-state index in [9.17, 15) is 5.26 Å². The molecule has 1 atom stereocenters. The van der Waals surface area contributed by atoms with Crippen molar-refractivity contribution in [3.05, 3.63) is 148 Å². The van der Waals surface area contributed by atoms with Gasteiger partial charge in [-0.3, -0.25) is 0 Å². The quantitative estimate of drug-likeness (QED) is 0.280. The molecule has 7 rings (SSSR count). The highest BCUT2D eigenvalue weighted by atomic mass is 14.5. The SMILES string of the molecule is CC1C=CC2=C(C=Cc3cc(-c4cccc(C#N)c4)ccc3C23c2ccccc2-c2ccccc23)C1. The predicted octanol–water partition coefficient (Wildman–Crippen LogP) is 8.46. The Balaban J connectivity index is 1.56. The van der Waals surface area contributed by atoms with E-state index in [0.29, 0.717) is 11.5 Å². The Kier molecular flexibility index (Phi) is 4.53. The second-order valence-corrected chi connectivity index (χ2v) is 10.1. The van der Waals surface area contributed by atoms with Crippen molar-refractivity contribution >= 4 is 6.08 Å². The third-order valence-electron chi connectivity index (χ3n) is 8.08. The number of nitrogens with zero attached hydrogens (tertiary/aromatic N) is 1. The van der Waals surface area contributed by atoms with Gasteiger partial charge >= 0.3 is 0 Å². The maximum absolute atomic E-state index is 9.43. The van der Waals surface area contributed by atoms with Gasteiger partial charge in [0, 0.05) is 0 Å². The molecule has 1 nitrogen and oxygen atoms in total. The smallest absolute Gasteiger partial charge is 0.0991 e. The van der Waals surface area contributed by atoms with Crippen LogP contribution in [0.25, 0.3) is 28.3 Å². The van der Waals surface area contributed by atoms with Crippen LogP contribution in [-0.4, -0.2) is 0 Å². The summed E-state index contributed by atoms with van der Waals surface area (Å²) in [7, 11) is 0. The second-order valence-electron chi connectivity index (χ2n) is 10.1. The zero-order valence-corrected chi connectivity index (χ0v) is 20.2. The van der Waals surface area contributed by atoms with Gasteiger partial charge in [-0.25, -0.2) is 0 Å². The molecule has 1 spiro atoms. The van der Waals surface area contributed by atoms with Crippen molar-refractivity contribution in [2.75, 3.05) is 0 Å². The van der Waals surface area contributed by atoms with Gasteiger partial charge in [0.2, 0.25) is 0 Å². The van der Waals surface area contributed by atoms with E-state index in [1.54, 1.807) is 0 Å². The van der Waals surface area contributed by atoms with Gasteiger partial charge in [0.1, 0.15) is 0 Å². The lowest BCUT2D eigenvalue weighted by molar-refractivity contribution is 0.674. The minimum atomic E-state index is -0.356. The Morgan fingerprint density at radius 3 is 2.19 bits per heavy atom. The Bertz CT molecular complexity index is 1640. The van der Waals surface area contributed by atoms with Crippen molar-refractivity contribution in [1.82, 2.24) is 0 Å². The number of rotatable bonds is 1. The van der Waals surface area contributed by atoms with Crippen LogP contribution in [0.1, 0.15) is 41.2 Å². The van der Waals surface area contributed by atoms with Crippen molar-refractivity contribution in [3.63, 3.8) is 0 Å². The Labute approximate surface area is 212 Å². The van der Waals surface area contributed by atoms with Gasteiger partial charge < -0.3 is 0 Å². The molecule has 0 saturated heterocycles. The summed E-state index contributed by atoms with van der Waals surface area (Å²) in [6.45, 7) is 2.30. The maximum atomic E-state index is 9.43. The Hall–Kier alpha value is -4.41. The molecule has 0 aliphatic heterocycles. The molecule has 3 aliphatic carbocycles. The first-order chi connectivity index (χ1) is 17.7. The highest BCUT2D eigenvalue weighted by molar-refractivity contribution is 5.89. The lowest BCUT2D eigenvalue weighted by Gasteiger charge is -2.37. The van der Waals surface area contributed by atoms with Crippen molar-refractivity contribution in [2.24, 2.45) is 5.92 Å². The van der Waals surface area contributed by atoms with Crippen molar-refractivity contribution in [2.45, 2.75) is 18.8 Å². The van der Waals surface area contributed by atoms with Gasteiger partial charge in [-0.15, -0.1) is 0 Å². The Morgan fingerprint density at radius 1 is 0.722 bits per heavy atom. The van der Waals surface area contributed by atoms with E-state index in [4.69, 9.17) is 0 Å². The minimum Gasteiger partial charge on any atom is -0.192 e. The van der Waals surface area contributed by atoms with E-state index in [-0.39, 0.29) is 5.41 Å². The van der Waals surface area contributed by atoms with Crippen LogP contribution in [0.15, 0.2) is 120 Å². The summed E-state index contributed by atoms with van der Waals surface area (Å²) in [4.78, 5) is 0. The fourth-order valence-corrected chi connectivity index (χ4v) is 6.56. The van der Waals surface area contributed by atoms with Crippen LogP contribution in [0.2, 0.25) is 0 Å². The third-order valence-corrected chi connectivity index (χ3v) is 8.08. The lowest BCUT2D eigenvalue weighted by Crippen LogP contribution is -2.31. The van der Waals surface area contributed by atoms with E-state index in [0.717, 1.165) is 17.5 Å². The molecule has 0 aromatic heterocycles. The van der Waals surface area contributed by atoms with E-state index < -0.39 is 0 Å². The molecule has 3 aliphatic rings. The molecule has 1 heteroatoms. The third kappa shape index (κ3) is 2.82. The maximum Gasteiger partial charge on any atom is 0.0991 e. The van der Waals surface area contributed by atoms with Crippen LogP contribution >= 0.6 is 0 Å². The summed E-state index contributed by atoms with van der Waals surface area (Å²) in [6.07, 6.45) is 10.5. The molecule has 0 amide bonds. The number of allylic oxidation sites excluding steroid dienone is 5. The average molecular weight is 460 g/mol. The Morgan fingerprint density at radius 2 is 1.44 bits per heavy atom. The monoisotopic (exact) mass is 459 g/mol. The molecular weight excluding hydrogens is 434 g/mol. The van der Waals surface area contributed by atoms with Gasteiger partial charge in [-0.2, -0.15) is 5.26 Å². The number of fused-ring (bicyclic) bond motifs is 8. The van der Waals surface area contributed by atoms with Gasteiger partial charge in [0.25, 0.3) is 0 Å². The van der Waals surface area contributed by atoms with Crippen LogP contribution in [0.3, 0.4) is 0 Å². The van der Waals surface area contributed by atoms with Crippen LogP contribution in [0, 0.1) is 17.2 Å². The molecule has 4 aromatic carbocycles. The van der Waals surface area contributed by atoms with E-state index in [1.165, 1.54) is 44.5 Å². The molecule has 0 saturated carbocycles. The summed E-state index contributed by atoms with van der Waals surface area (Å²) < 4.78 is 0. The predicted molar refractivity (Wildman–Crippen MR) is 147 cm³/mol. The van der Waals surface area contributed by atoms with Crippen molar-refractivity contribution in [3.8, 4) is 28.3 Å². The normalized spacial score (nSPS) is 18.2. The van der Waals surface area contributed by atoms with Gasteiger partial charge in [-0.1, -0.05) is 104 Å². The van der Waals surface area contributed by atoms with E-state index >= 15 is 0 Å². The molecule has 0 N–H and O–H groups in total. The molecule has 4 aromatic rings. The standard InChI is InChI=1S/C35H25N/c1-23-13-17-31-27(19-23)14-15-28-21-26(25-8-6-7-24(20-25)22-36)16-18-32(28)35(31)33-11-4-2-9-29(33)30-10-3-5-12-34(30)35/h2-18,20-21,23H,19H2,1H3. The van der Waals surface area contributed by atoms with Gasteiger partial charge in [0.15, 0.2) is 0 Å². The summed E-state index contributed by atoms with van der Waals surface area (Å²) in [5.41, 5.74) is 13.3. The first-order valence-electron chi connectivity index (χ1n) is 12.6. The number of nitriles is 1.